The molecule has 0 radical (unpaired) electrons. The predicted octanol–water partition coefficient (Wildman–Crippen LogP) is 2.78. The molecule has 64 valence electrons. The number of nitrogens with zero attached hydrogens (tertiary/aromatic N) is 1. The number of hydrogen-bond donors (Lipinski definition) is 0. The minimum atomic E-state index is 0.832. The predicted molar refractivity (Wildman–Crippen MR) is 59.1 cm³/mol. The lowest BCUT2D eigenvalue weighted by Gasteiger charge is -2.01. The van der Waals surface area contributed by atoms with Gasteiger partial charge in [0.2, 0.25) is 0 Å². The van der Waals surface area contributed by atoms with E-state index in [0.717, 1.165) is 11.9 Å². The van der Waals surface area contributed by atoms with Crippen LogP contribution in [-0.4, -0.2) is 10.4 Å². The lowest BCUT2D eigenvalue weighted by Crippen LogP contribution is -1.87. The number of rotatable bonds is 2. The van der Waals surface area contributed by atoms with Crippen LogP contribution in [-0.2, 0) is 6.42 Å². The van der Waals surface area contributed by atoms with E-state index < -0.39 is 0 Å². The third-order valence-corrected chi connectivity index (χ3v) is 2.21. The molecule has 0 aliphatic heterocycles. The number of hydrogen-bond acceptors (Lipinski definition) is 2. The fourth-order valence-electron chi connectivity index (χ4n) is 1.43. The van der Waals surface area contributed by atoms with Gasteiger partial charge in [-0.2, -0.15) is 0 Å². The Balaban J connectivity index is 2.68. The summed E-state index contributed by atoms with van der Waals surface area (Å²) in [5, 5.41) is 2.95. The molecule has 0 saturated heterocycles. The summed E-state index contributed by atoms with van der Waals surface area (Å²) in [4.78, 5) is 4.28. The number of fused-ring (bicyclic) bond motifs is 1. The third kappa shape index (κ3) is 1.58. The monoisotopic (exact) mass is 187 g/mol. The zero-order chi connectivity index (χ0) is 9.10. The van der Waals surface area contributed by atoms with Gasteiger partial charge in [0, 0.05) is 18.0 Å². The van der Waals surface area contributed by atoms with Crippen molar-refractivity contribution in [1.82, 2.24) is 4.98 Å². The average Bonchev–Trinajstić information content (AvgIpc) is 2.19. The molecule has 0 fully saturated rings. The van der Waals surface area contributed by atoms with Crippen LogP contribution in [0.25, 0.3) is 10.9 Å². The van der Waals surface area contributed by atoms with Gasteiger partial charge in [0.05, 0.1) is 5.52 Å². The molecule has 0 spiro atoms. The summed E-state index contributed by atoms with van der Waals surface area (Å²) < 4.78 is 0. The van der Waals surface area contributed by atoms with Crippen molar-refractivity contribution in [2.75, 3.05) is 0 Å². The van der Waals surface area contributed by atoms with Gasteiger partial charge in [-0.1, -0.05) is 30.4 Å². The first kappa shape index (κ1) is 8.32. The van der Waals surface area contributed by atoms with Gasteiger partial charge in [-0.15, -0.1) is 0 Å². The maximum Gasteiger partial charge on any atom is 0.0704 e. The Kier molecular flexibility index (Phi) is 2.32. The average molecular weight is 187 g/mol. The van der Waals surface area contributed by atoms with E-state index in [1.807, 2.05) is 24.4 Å². The lowest BCUT2D eigenvalue weighted by molar-refractivity contribution is 1.36. The maximum atomic E-state index is 4.85. The van der Waals surface area contributed by atoms with E-state index in [0.29, 0.717) is 0 Å². The zero-order valence-electron chi connectivity index (χ0n) is 7.10. The largest absolute Gasteiger partial charge is 0.256 e. The molecule has 0 N–H and O–H groups in total. The first-order valence-electron chi connectivity index (χ1n) is 4.18. The second kappa shape index (κ2) is 3.62. The Morgan fingerprint density at radius 3 is 3.00 bits per heavy atom. The van der Waals surface area contributed by atoms with E-state index in [2.05, 4.69) is 17.1 Å². The topological polar surface area (TPSA) is 12.9 Å². The van der Waals surface area contributed by atoms with E-state index in [4.69, 9.17) is 12.2 Å². The molecule has 0 amide bonds. The van der Waals surface area contributed by atoms with Crippen LogP contribution in [0.3, 0.4) is 0 Å². The standard InChI is InChI=1S/C11H9NS/c13-8-6-9-3-1-5-11-10(9)4-2-7-12-11/h1-5,7-8H,6H2. The molecule has 2 aromatic rings. The molecule has 2 rings (SSSR count). The summed E-state index contributed by atoms with van der Waals surface area (Å²) in [6.45, 7) is 0. The Morgan fingerprint density at radius 1 is 1.23 bits per heavy atom. The Hall–Kier alpha value is -1.28. The zero-order valence-corrected chi connectivity index (χ0v) is 7.92. The maximum absolute atomic E-state index is 4.85. The highest BCUT2D eigenvalue weighted by molar-refractivity contribution is 7.79. The molecule has 0 atom stereocenters. The molecule has 0 saturated carbocycles. The van der Waals surface area contributed by atoms with E-state index in [-0.39, 0.29) is 0 Å². The second-order valence-electron chi connectivity index (χ2n) is 2.86. The van der Waals surface area contributed by atoms with Crippen molar-refractivity contribution in [3.8, 4) is 0 Å². The third-order valence-electron chi connectivity index (χ3n) is 2.04. The van der Waals surface area contributed by atoms with Gasteiger partial charge in [0.15, 0.2) is 0 Å². The van der Waals surface area contributed by atoms with E-state index >= 15 is 0 Å². The molecule has 1 nitrogen and oxygen atoms in total. The van der Waals surface area contributed by atoms with Crippen LogP contribution < -0.4 is 0 Å². The normalized spacial score (nSPS) is 10.2. The molecule has 0 aliphatic rings. The summed E-state index contributed by atoms with van der Waals surface area (Å²) in [5.41, 5.74) is 2.29. The Bertz CT molecular complexity index is 432. The smallest absolute Gasteiger partial charge is 0.0704 e. The van der Waals surface area contributed by atoms with Gasteiger partial charge < -0.3 is 0 Å². The van der Waals surface area contributed by atoms with Crippen LogP contribution in [0.5, 0.6) is 0 Å². The highest BCUT2D eigenvalue weighted by Gasteiger charge is 1.97. The van der Waals surface area contributed by atoms with Crippen LogP contribution in [0.1, 0.15) is 5.56 Å². The van der Waals surface area contributed by atoms with Crippen molar-refractivity contribution in [3.05, 3.63) is 42.1 Å². The highest BCUT2D eigenvalue weighted by atomic mass is 32.1. The minimum Gasteiger partial charge on any atom is -0.256 e. The molecule has 13 heavy (non-hydrogen) atoms. The van der Waals surface area contributed by atoms with Crippen LogP contribution in [0.15, 0.2) is 36.5 Å². The molecule has 1 heterocycles. The van der Waals surface area contributed by atoms with Crippen molar-refractivity contribution in [1.29, 1.82) is 0 Å². The van der Waals surface area contributed by atoms with E-state index in [9.17, 15) is 0 Å². The fraction of sp³-hybridized carbons (Fsp3) is 0.0909. The van der Waals surface area contributed by atoms with Crippen molar-refractivity contribution in [3.63, 3.8) is 0 Å². The Labute approximate surface area is 82.4 Å². The molecular formula is C11H9NS. The van der Waals surface area contributed by atoms with E-state index in [1.165, 1.54) is 10.9 Å². The summed E-state index contributed by atoms with van der Waals surface area (Å²) in [5.74, 6) is 0. The fourth-order valence-corrected chi connectivity index (χ4v) is 1.61. The molecular weight excluding hydrogens is 178 g/mol. The molecule has 1 aromatic heterocycles. The second-order valence-corrected chi connectivity index (χ2v) is 3.19. The van der Waals surface area contributed by atoms with Gasteiger partial charge in [-0.3, -0.25) is 4.98 Å². The summed E-state index contributed by atoms with van der Waals surface area (Å²) in [7, 11) is 0. The molecule has 0 aliphatic carbocycles. The number of pyridine rings is 1. The number of benzene rings is 1. The first-order valence-corrected chi connectivity index (χ1v) is 4.65. The quantitative estimate of drug-likeness (QED) is 0.670. The Morgan fingerprint density at radius 2 is 2.15 bits per heavy atom. The molecule has 1 aromatic carbocycles. The molecule has 0 unspecified atom stereocenters. The van der Waals surface area contributed by atoms with E-state index in [1.54, 1.807) is 5.37 Å². The number of aromatic nitrogens is 1. The van der Waals surface area contributed by atoms with Gasteiger partial charge in [0.25, 0.3) is 0 Å². The van der Waals surface area contributed by atoms with Gasteiger partial charge in [-0.25, -0.2) is 0 Å². The van der Waals surface area contributed by atoms with Gasteiger partial charge in [-0.05, 0) is 23.1 Å². The minimum absolute atomic E-state index is 0.832. The first-order chi connectivity index (χ1) is 6.42. The molecule has 0 bridgehead atoms. The van der Waals surface area contributed by atoms with Gasteiger partial charge in [0.1, 0.15) is 0 Å². The molecule has 2 heteroatoms. The van der Waals surface area contributed by atoms with Crippen molar-refractivity contribution in [2.45, 2.75) is 6.42 Å². The van der Waals surface area contributed by atoms with Crippen LogP contribution >= 0.6 is 12.2 Å². The van der Waals surface area contributed by atoms with Crippen LogP contribution in [0.2, 0.25) is 0 Å². The SMILES string of the molecule is S=CCc1cccc2ncccc12. The summed E-state index contributed by atoms with van der Waals surface area (Å²) in [6, 6.07) is 10.2. The summed E-state index contributed by atoms with van der Waals surface area (Å²) in [6.07, 6.45) is 2.64. The van der Waals surface area contributed by atoms with Crippen LogP contribution in [0, 0.1) is 0 Å². The van der Waals surface area contributed by atoms with Crippen LogP contribution in [0.4, 0.5) is 0 Å². The summed E-state index contributed by atoms with van der Waals surface area (Å²) >= 11 is 4.85. The number of thiocarbonyl (C=S) groups is 1. The lowest BCUT2D eigenvalue weighted by atomic mass is 10.1. The highest BCUT2D eigenvalue weighted by Crippen LogP contribution is 2.15. The van der Waals surface area contributed by atoms with Gasteiger partial charge >= 0.3 is 0 Å². The van der Waals surface area contributed by atoms with Crippen molar-refractivity contribution >= 4 is 28.5 Å². The van der Waals surface area contributed by atoms with Crippen molar-refractivity contribution in [2.24, 2.45) is 0 Å². The van der Waals surface area contributed by atoms with Crippen molar-refractivity contribution < 1.29 is 0 Å².